The lowest BCUT2D eigenvalue weighted by Gasteiger charge is -2.17. The summed E-state index contributed by atoms with van der Waals surface area (Å²) in [4.78, 5) is 12.3. The van der Waals surface area contributed by atoms with E-state index in [0.717, 1.165) is 17.5 Å². The van der Waals surface area contributed by atoms with Crippen LogP contribution in [0.4, 0.5) is 0 Å². The van der Waals surface area contributed by atoms with Gasteiger partial charge in [-0.15, -0.1) is 0 Å². The summed E-state index contributed by atoms with van der Waals surface area (Å²) in [5.74, 6) is -0.0344. The van der Waals surface area contributed by atoms with Crippen LogP contribution < -0.4 is 4.74 Å². The maximum atomic E-state index is 12.3. The Morgan fingerprint density at radius 1 is 0.788 bits per heavy atom. The topological polar surface area (TPSA) is 50.1 Å². The molecule has 0 heterocycles. The SMILES string of the molecule is CCCCCCCCCCCCc1ccc(-c2ccc(OC(=O)C(C)(C#N)CC)cc2)cc1. The molecule has 0 bridgehead atoms. The minimum atomic E-state index is -1.11. The first-order valence-electron chi connectivity index (χ1n) is 12.9. The first kappa shape index (κ1) is 26.7. The average molecular weight is 448 g/mol. The zero-order valence-corrected chi connectivity index (χ0v) is 20.9. The molecule has 0 N–H and O–H groups in total. The van der Waals surface area contributed by atoms with E-state index in [-0.39, 0.29) is 0 Å². The molecule has 0 aliphatic heterocycles. The van der Waals surface area contributed by atoms with Gasteiger partial charge in [-0.2, -0.15) is 5.26 Å². The lowest BCUT2D eigenvalue weighted by molar-refractivity contribution is -0.141. The molecule has 0 spiro atoms. The fraction of sp³-hybridized carbons (Fsp3) is 0.533. The zero-order chi connectivity index (χ0) is 23.9. The first-order valence-corrected chi connectivity index (χ1v) is 12.9. The van der Waals surface area contributed by atoms with Crippen LogP contribution in [0.5, 0.6) is 5.75 Å². The van der Waals surface area contributed by atoms with E-state index in [1.807, 2.05) is 19.1 Å². The third kappa shape index (κ3) is 9.04. The lowest BCUT2D eigenvalue weighted by atomic mass is 9.90. The highest BCUT2D eigenvalue weighted by Crippen LogP contribution is 2.26. The van der Waals surface area contributed by atoms with Crippen LogP contribution in [0.3, 0.4) is 0 Å². The van der Waals surface area contributed by atoms with E-state index in [4.69, 9.17) is 4.74 Å². The molecule has 3 heteroatoms. The molecule has 0 radical (unpaired) electrons. The molecule has 3 nitrogen and oxygen atoms in total. The molecule has 0 aliphatic rings. The second-order valence-electron chi connectivity index (χ2n) is 9.34. The van der Waals surface area contributed by atoms with Gasteiger partial charge in [0, 0.05) is 0 Å². The molecular formula is C30H41NO2. The van der Waals surface area contributed by atoms with Crippen LogP contribution in [0.2, 0.25) is 0 Å². The minimum absolute atomic E-state index is 0.423. The molecule has 1 unspecified atom stereocenters. The summed E-state index contributed by atoms with van der Waals surface area (Å²) in [5.41, 5.74) is 2.51. The summed E-state index contributed by atoms with van der Waals surface area (Å²) in [6, 6.07) is 18.3. The lowest BCUT2D eigenvalue weighted by Crippen LogP contribution is -2.29. The molecule has 1 atom stereocenters. The fourth-order valence-corrected chi connectivity index (χ4v) is 3.88. The van der Waals surface area contributed by atoms with Gasteiger partial charge in [0.2, 0.25) is 0 Å². The molecule has 33 heavy (non-hydrogen) atoms. The Morgan fingerprint density at radius 3 is 1.76 bits per heavy atom. The van der Waals surface area contributed by atoms with E-state index < -0.39 is 11.4 Å². The van der Waals surface area contributed by atoms with Crippen LogP contribution in [-0.2, 0) is 11.2 Å². The van der Waals surface area contributed by atoms with Gasteiger partial charge in [-0.25, -0.2) is 4.79 Å². The van der Waals surface area contributed by atoms with Crippen molar-refractivity contribution in [1.29, 1.82) is 5.26 Å². The largest absolute Gasteiger partial charge is 0.425 e. The van der Waals surface area contributed by atoms with E-state index in [2.05, 4.69) is 37.3 Å². The van der Waals surface area contributed by atoms with Crippen molar-refractivity contribution in [3.63, 3.8) is 0 Å². The van der Waals surface area contributed by atoms with Crippen molar-refractivity contribution in [3.05, 3.63) is 54.1 Å². The highest BCUT2D eigenvalue weighted by Gasteiger charge is 2.33. The van der Waals surface area contributed by atoms with E-state index in [1.165, 1.54) is 69.8 Å². The van der Waals surface area contributed by atoms with Crippen LogP contribution >= 0.6 is 0 Å². The van der Waals surface area contributed by atoms with Gasteiger partial charge < -0.3 is 4.74 Å². The first-order chi connectivity index (χ1) is 16.0. The highest BCUT2D eigenvalue weighted by atomic mass is 16.5. The summed E-state index contributed by atoms with van der Waals surface area (Å²) < 4.78 is 5.41. The van der Waals surface area contributed by atoms with Crippen molar-refractivity contribution in [3.8, 4) is 22.9 Å². The standard InChI is InChI=1S/C30H41NO2/c1-4-6-7-8-9-10-11-12-13-14-15-25-16-18-26(19-17-25)27-20-22-28(23-21-27)33-29(32)30(3,5-2)24-31/h16-23H,4-15H2,1-3H3. The van der Waals surface area contributed by atoms with Crippen LogP contribution in [-0.4, -0.2) is 5.97 Å². The Morgan fingerprint density at radius 2 is 1.27 bits per heavy atom. The van der Waals surface area contributed by atoms with Gasteiger partial charge in [0.05, 0.1) is 6.07 Å². The Hall–Kier alpha value is -2.60. The third-order valence-corrected chi connectivity index (χ3v) is 6.58. The number of rotatable bonds is 15. The smallest absolute Gasteiger partial charge is 0.331 e. The van der Waals surface area contributed by atoms with Gasteiger partial charge in [-0.05, 0) is 55.0 Å². The number of unbranched alkanes of at least 4 members (excludes halogenated alkanes) is 9. The number of nitriles is 1. The Kier molecular flexibility index (Phi) is 11.7. The van der Waals surface area contributed by atoms with Crippen LogP contribution in [0.15, 0.2) is 48.5 Å². The molecule has 2 rings (SSSR count). The van der Waals surface area contributed by atoms with Gasteiger partial charge in [0.1, 0.15) is 5.75 Å². The number of esters is 1. The van der Waals surface area contributed by atoms with Crippen molar-refractivity contribution in [2.75, 3.05) is 0 Å². The molecule has 0 saturated carbocycles. The summed E-state index contributed by atoms with van der Waals surface area (Å²) in [6.07, 6.45) is 15.2. The zero-order valence-electron chi connectivity index (χ0n) is 20.9. The monoisotopic (exact) mass is 447 g/mol. The average Bonchev–Trinajstić information content (AvgIpc) is 2.85. The van der Waals surface area contributed by atoms with Crippen LogP contribution in [0.25, 0.3) is 11.1 Å². The normalized spacial score (nSPS) is 12.7. The van der Waals surface area contributed by atoms with Gasteiger partial charge in [0.15, 0.2) is 5.41 Å². The summed E-state index contributed by atoms with van der Waals surface area (Å²) in [7, 11) is 0. The third-order valence-electron chi connectivity index (χ3n) is 6.58. The van der Waals surface area contributed by atoms with E-state index in [1.54, 1.807) is 19.1 Å². The highest BCUT2D eigenvalue weighted by molar-refractivity contribution is 5.81. The molecule has 0 fully saturated rings. The maximum absolute atomic E-state index is 12.3. The maximum Gasteiger partial charge on any atom is 0.331 e. The van der Waals surface area contributed by atoms with E-state index in [0.29, 0.717) is 12.2 Å². The molecular weight excluding hydrogens is 406 g/mol. The molecule has 0 aliphatic carbocycles. The number of aryl methyl sites for hydroxylation is 1. The van der Waals surface area contributed by atoms with Crippen molar-refractivity contribution >= 4 is 5.97 Å². The van der Waals surface area contributed by atoms with E-state index in [9.17, 15) is 10.1 Å². The predicted molar refractivity (Wildman–Crippen MR) is 137 cm³/mol. The number of benzene rings is 2. The fourth-order valence-electron chi connectivity index (χ4n) is 3.88. The van der Waals surface area contributed by atoms with Crippen molar-refractivity contribution < 1.29 is 9.53 Å². The van der Waals surface area contributed by atoms with Gasteiger partial charge in [0.25, 0.3) is 0 Å². The quantitative estimate of drug-likeness (QED) is 0.156. The molecule has 0 aromatic heterocycles. The number of carbonyl (C=O) groups is 1. The minimum Gasteiger partial charge on any atom is -0.425 e. The van der Waals surface area contributed by atoms with Crippen LogP contribution in [0.1, 0.15) is 97.0 Å². The molecule has 0 saturated heterocycles. The van der Waals surface area contributed by atoms with Crippen LogP contribution in [0, 0.1) is 16.7 Å². The number of nitrogens with zero attached hydrogens (tertiary/aromatic N) is 1. The van der Waals surface area contributed by atoms with Gasteiger partial charge in [-0.3, -0.25) is 0 Å². The number of ether oxygens (including phenoxy) is 1. The number of hydrogen-bond acceptors (Lipinski definition) is 3. The second-order valence-corrected chi connectivity index (χ2v) is 9.34. The van der Waals surface area contributed by atoms with Crippen molar-refractivity contribution in [1.82, 2.24) is 0 Å². The molecule has 2 aromatic carbocycles. The molecule has 178 valence electrons. The Balaban J connectivity index is 1.73. The van der Waals surface area contributed by atoms with Gasteiger partial charge in [-0.1, -0.05) is 108 Å². The van der Waals surface area contributed by atoms with E-state index >= 15 is 0 Å². The predicted octanol–water partition coefficient (Wildman–Crippen LogP) is 8.66. The summed E-state index contributed by atoms with van der Waals surface area (Å²) in [5, 5.41) is 9.23. The number of carbonyl (C=O) groups excluding carboxylic acids is 1. The summed E-state index contributed by atoms with van der Waals surface area (Å²) >= 11 is 0. The molecule has 2 aromatic rings. The van der Waals surface area contributed by atoms with Crippen molar-refractivity contribution in [2.45, 2.75) is 97.8 Å². The Labute approximate surface area is 201 Å². The van der Waals surface area contributed by atoms with Crippen molar-refractivity contribution in [2.24, 2.45) is 5.41 Å². The molecule has 0 amide bonds. The second kappa shape index (κ2) is 14.5. The Bertz CT molecular complexity index is 864. The van der Waals surface area contributed by atoms with Gasteiger partial charge >= 0.3 is 5.97 Å². The number of hydrogen-bond donors (Lipinski definition) is 0. The summed E-state index contributed by atoms with van der Waals surface area (Å²) in [6.45, 7) is 5.70.